The number of hydrogen-bond acceptors (Lipinski definition) is 1. The molecule has 0 radical (unpaired) electrons. The number of para-hydroxylation sites is 2. The van der Waals surface area contributed by atoms with E-state index in [1.54, 1.807) is 0 Å². The molecule has 0 fully saturated rings. The summed E-state index contributed by atoms with van der Waals surface area (Å²) in [6.45, 7) is 9.50. The van der Waals surface area contributed by atoms with Crippen LogP contribution in [0.1, 0.15) is 49.9 Å². The van der Waals surface area contributed by atoms with Crippen molar-refractivity contribution in [3.05, 3.63) is 198 Å². The van der Waals surface area contributed by atoms with Crippen LogP contribution in [0.3, 0.4) is 0 Å². The molecule has 0 aromatic heterocycles. The van der Waals surface area contributed by atoms with E-state index in [2.05, 4.69) is 209 Å². The molecule has 1 aliphatic carbocycles. The first-order valence-corrected chi connectivity index (χ1v) is 19.5. The van der Waals surface area contributed by atoms with Crippen molar-refractivity contribution in [2.24, 2.45) is 0 Å². The van der Waals surface area contributed by atoms with Crippen molar-refractivity contribution in [2.75, 3.05) is 4.90 Å². The van der Waals surface area contributed by atoms with Crippen LogP contribution in [-0.2, 0) is 10.8 Å². The lowest BCUT2D eigenvalue weighted by molar-refractivity contribution is 0.632. The lowest BCUT2D eigenvalue weighted by Gasteiger charge is -2.42. The number of anilines is 3. The fourth-order valence-electron chi connectivity index (χ4n) is 10.2. The van der Waals surface area contributed by atoms with Crippen molar-refractivity contribution < 1.29 is 0 Å². The van der Waals surface area contributed by atoms with Gasteiger partial charge in [-0.2, -0.15) is 0 Å². The van der Waals surface area contributed by atoms with E-state index in [1.165, 1.54) is 105 Å². The van der Waals surface area contributed by atoms with Crippen molar-refractivity contribution in [1.29, 1.82) is 0 Å². The predicted octanol–water partition coefficient (Wildman–Crippen LogP) is 14.9. The van der Waals surface area contributed by atoms with Gasteiger partial charge < -0.3 is 4.90 Å². The van der Waals surface area contributed by atoms with E-state index >= 15 is 0 Å². The van der Waals surface area contributed by atoms with Crippen LogP contribution in [0.15, 0.2) is 176 Å². The van der Waals surface area contributed by atoms with Gasteiger partial charge in [0.05, 0.1) is 17.1 Å². The maximum absolute atomic E-state index is 2.57. The summed E-state index contributed by atoms with van der Waals surface area (Å²) < 4.78 is 0. The molecule has 0 N–H and O–H groups in total. The summed E-state index contributed by atoms with van der Waals surface area (Å²) in [7, 11) is 0. The van der Waals surface area contributed by atoms with E-state index in [4.69, 9.17) is 0 Å². The fraction of sp³-hybridized carbons (Fsp3) is 0.111. The third-order valence-corrected chi connectivity index (χ3v) is 12.8. The van der Waals surface area contributed by atoms with Gasteiger partial charge in [0.25, 0.3) is 0 Å². The monoisotopic (exact) mass is 703 g/mol. The van der Waals surface area contributed by atoms with Crippen molar-refractivity contribution >= 4 is 49.4 Å². The van der Waals surface area contributed by atoms with Gasteiger partial charge in [0.2, 0.25) is 0 Å². The molecule has 11 rings (SSSR count). The second-order valence-electron chi connectivity index (χ2n) is 16.4. The molecule has 0 unspecified atom stereocenters. The van der Waals surface area contributed by atoms with Gasteiger partial charge in [-0.3, -0.25) is 0 Å². The molecule has 0 saturated carbocycles. The number of hydrogen-bond donors (Lipinski definition) is 0. The molecule has 0 bridgehead atoms. The lowest BCUT2D eigenvalue weighted by Crippen LogP contribution is -2.30. The number of benzene rings is 9. The Morgan fingerprint density at radius 3 is 1.62 bits per heavy atom. The van der Waals surface area contributed by atoms with Crippen LogP contribution in [0.25, 0.3) is 65.7 Å². The highest BCUT2D eigenvalue weighted by molar-refractivity contribution is 6.24. The maximum Gasteiger partial charge on any atom is 0.0619 e. The van der Waals surface area contributed by atoms with Crippen LogP contribution in [0, 0.1) is 0 Å². The lowest BCUT2D eigenvalue weighted by atomic mass is 9.73. The quantitative estimate of drug-likeness (QED) is 0.166. The Bertz CT molecular complexity index is 3000. The average molecular weight is 704 g/mol. The highest BCUT2D eigenvalue weighted by Gasteiger charge is 2.39. The molecule has 262 valence electrons. The smallest absolute Gasteiger partial charge is 0.0619 e. The highest BCUT2D eigenvalue weighted by atomic mass is 15.2. The molecule has 1 nitrogen and oxygen atoms in total. The minimum Gasteiger partial charge on any atom is -0.309 e. The van der Waals surface area contributed by atoms with Gasteiger partial charge in [-0.05, 0) is 95.4 Å². The van der Waals surface area contributed by atoms with Crippen LogP contribution in [-0.4, -0.2) is 0 Å². The van der Waals surface area contributed by atoms with Crippen molar-refractivity contribution in [1.82, 2.24) is 0 Å². The number of nitrogens with zero attached hydrogens (tertiary/aromatic N) is 1. The highest BCUT2D eigenvalue weighted by Crippen LogP contribution is 2.58. The minimum atomic E-state index is -0.151. The zero-order valence-electron chi connectivity index (χ0n) is 31.7. The Labute approximate surface area is 323 Å². The van der Waals surface area contributed by atoms with Gasteiger partial charge in [0, 0.05) is 21.6 Å². The molecule has 1 aliphatic heterocycles. The summed E-state index contributed by atoms with van der Waals surface area (Å²) in [4.78, 5) is 2.57. The first-order valence-electron chi connectivity index (χ1n) is 19.5. The predicted molar refractivity (Wildman–Crippen MR) is 234 cm³/mol. The molecule has 55 heavy (non-hydrogen) atoms. The Hall–Kier alpha value is -6.44. The van der Waals surface area contributed by atoms with Crippen molar-refractivity contribution in [2.45, 2.75) is 38.5 Å². The normalized spacial score (nSPS) is 14.8. The first kappa shape index (κ1) is 32.0. The van der Waals surface area contributed by atoms with Gasteiger partial charge in [0.15, 0.2) is 0 Å². The van der Waals surface area contributed by atoms with E-state index in [1.807, 2.05) is 0 Å². The molecule has 9 aromatic rings. The molecular weight excluding hydrogens is 663 g/mol. The number of fused-ring (bicyclic) bond motifs is 8. The molecule has 0 atom stereocenters. The van der Waals surface area contributed by atoms with Gasteiger partial charge >= 0.3 is 0 Å². The standard InChI is InChI=1S/C54H41N/c1-53(2)44-25-10-9-22-41(44)51-42(24-16-28-47(51)53)50-38-20-7-8-21-39(38)52(55-48-29-13-11-26-45(48)54(3,4)46-27-12-14-30-49(46)55)40-32-31-35(33-43(40)50)37-23-15-18-34-17-5-6-19-36(34)37/h5-33H,1-4H3. The van der Waals surface area contributed by atoms with Gasteiger partial charge in [-0.25, -0.2) is 0 Å². The number of rotatable bonds is 3. The SMILES string of the molecule is CC1(C)c2ccccc2N(c2c3ccccc3c(-c3cccc4c3-c3ccccc3C4(C)C)c3cc(-c4cccc5ccccc45)ccc23)c2ccccc21. The van der Waals surface area contributed by atoms with E-state index in [9.17, 15) is 0 Å². The largest absolute Gasteiger partial charge is 0.309 e. The molecule has 2 aliphatic rings. The van der Waals surface area contributed by atoms with Crippen LogP contribution >= 0.6 is 0 Å². The first-order chi connectivity index (χ1) is 26.8. The van der Waals surface area contributed by atoms with E-state index in [0.29, 0.717) is 0 Å². The van der Waals surface area contributed by atoms with Gasteiger partial charge in [-0.15, -0.1) is 0 Å². The third-order valence-electron chi connectivity index (χ3n) is 12.8. The zero-order valence-corrected chi connectivity index (χ0v) is 31.7. The Morgan fingerprint density at radius 2 is 0.855 bits per heavy atom. The summed E-state index contributed by atoms with van der Waals surface area (Å²) in [5, 5.41) is 7.53. The molecule has 9 aromatic carbocycles. The topological polar surface area (TPSA) is 3.24 Å². The molecule has 1 heteroatoms. The minimum absolute atomic E-state index is 0.102. The fourth-order valence-corrected chi connectivity index (χ4v) is 10.2. The molecular formula is C54H41N. The Balaban J connectivity index is 1.31. The molecule has 0 amide bonds. The Kier molecular flexibility index (Phi) is 6.72. The van der Waals surface area contributed by atoms with Crippen LogP contribution in [0.2, 0.25) is 0 Å². The summed E-state index contributed by atoms with van der Waals surface area (Å²) in [6, 6.07) is 65.9. The third kappa shape index (κ3) is 4.41. The van der Waals surface area contributed by atoms with Crippen LogP contribution < -0.4 is 4.90 Å². The van der Waals surface area contributed by atoms with E-state index in [0.717, 1.165) is 0 Å². The van der Waals surface area contributed by atoms with Crippen LogP contribution in [0.5, 0.6) is 0 Å². The maximum atomic E-state index is 2.57. The molecule has 0 spiro atoms. The van der Waals surface area contributed by atoms with E-state index in [-0.39, 0.29) is 10.8 Å². The zero-order chi connectivity index (χ0) is 37.1. The summed E-state index contributed by atoms with van der Waals surface area (Å²) in [5.41, 5.74) is 16.6. The van der Waals surface area contributed by atoms with Crippen LogP contribution in [0.4, 0.5) is 17.1 Å². The van der Waals surface area contributed by atoms with Gasteiger partial charge in [-0.1, -0.05) is 185 Å². The second kappa shape index (κ2) is 11.5. The summed E-state index contributed by atoms with van der Waals surface area (Å²) in [5.74, 6) is 0. The van der Waals surface area contributed by atoms with Crippen molar-refractivity contribution in [3.8, 4) is 33.4 Å². The van der Waals surface area contributed by atoms with Gasteiger partial charge in [0.1, 0.15) is 0 Å². The van der Waals surface area contributed by atoms with E-state index < -0.39 is 0 Å². The second-order valence-corrected chi connectivity index (χ2v) is 16.4. The van der Waals surface area contributed by atoms with Crippen molar-refractivity contribution in [3.63, 3.8) is 0 Å². The summed E-state index contributed by atoms with van der Waals surface area (Å²) in [6.07, 6.45) is 0. The summed E-state index contributed by atoms with van der Waals surface area (Å²) >= 11 is 0. The molecule has 1 heterocycles. The Morgan fingerprint density at radius 1 is 0.345 bits per heavy atom. The average Bonchev–Trinajstić information content (AvgIpc) is 3.46. The molecule has 0 saturated heterocycles.